The minimum atomic E-state index is -0.141. The first-order chi connectivity index (χ1) is 7.29. The number of aromatic nitrogens is 2. The summed E-state index contributed by atoms with van der Waals surface area (Å²) in [7, 11) is 1.87. The summed E-state index contributed by atoms with van der Waals surface area (Å²) in [6.45, 7) is 0. The largest absolute Gasteiger partial charge is 0.381 e. The van der Waals surface area contributed by atoms with Crippen molar-refractivity contribution < 1.29 is 0 Å². The van der Waals surface area contributed by atoms with Crippen molar-refractivity contribution in [3.63, 3.8) is 0 Å². The maximum atomic E-state index is 5.41. The summed E-state index contributed by atoms with van der Waals surface area (Å²) in [5.74, 6) is 1.14. The summed E-state index contributed by atoms with van der Waals surface area (Å²) < 4.78 is -0.141. The molecule has 2 rings (SSSR count). The molecule has 1 atom stereocenters. The fourth-order valence-electron chi connectivity index (χ4n) is 1.86. The van der Waals surface area contributed by atoms with Crippen LogP contribution in [0, 0.1) is 0 Å². The Labute approximate surface area is 99.1 Å². The van der Waals surface area contributed by atoms with Crippen LogP contribution in [-0.2, 0) is 4.75 Å². The number of thiocarbonyl (C=S) groups is 1. The monoisotopic (exact) mass is 239 g/mol. The van der Waals surface area contributed by atoms with Crippen molar-refractivity contribution in [3.8, 4) is 0 Å². The van der Waals surface area contributed by atoms with E-state index in [4.69, 9.17) is 12.2 Å². The highest BCUT2D eigenvalue weighted by atomic mass is 32.2. The van der Waals surface area contributed by atoms with E-state index in [9.17, 15) is 0 Å². The first-order valence-corrected chi connectivity index (χ1v) is 6.33. The van der Waals surface area contributed by atoms with Crippen LogP contribution < -0.4 is 5.32 Å². The third kappa shape index (κ3) is 1.86. The molecule has 0 bridgehead atoms. The van der Waals surface area contributed by atoms with Gasteiger partial charge >= 0.3 is 0 Å². The van der Waals surface area contributed by atoms with Crippen molar-refractivity contribution in [2.24, 2.45) is 0 Å². The summed E-state index contributed by atoms with van der Waals surface area (Å²) in [5, 5.41) is 11.2. The molecule has 80 valence electrons. The number of hydrogen-bond acceptors (Lipinski definition) is 4. The Bertz CT molecular complexity index is 347. The standard InChI is InChI=1S/C10H13N3S2/c1-11-9(14)10(5-3-7-15-10)8-4-2-6-12-13-8/h2,4,6H,3,5,7H2,1H3,(H,11,14). The Morgan fingerprint density at radius 3 is 3.07 bits per heavy atom. The fraction of sp³-hybridized carbons (Fsp3) is 0.500. The van der Waals surface area contributed by atoms with E-state index in [0.717, 1.165) is 22.9 Å². The molecule has 1 unspecified atom stereocenters. The Morgan fingerprint density at radius 2 is 2.53 bits per heavy atom. The van der Waals surface area contributed by atoms with Crippen LogP contribution in [0.2, 0.25) is 0 Å². The van der Waals surface area contributed by atoms with Crippen LogP contribution in [-0.4, -0.2) is 28.0 Å². The summed E-state index contributed by atoms with van der Waals surface area (Å²) in [6, 6.07) is 3.93. The van der Waals surface area contributed by atoms with Crippen LogP contribution in [0.25, 0.3) is 0 Å². The van der Waals surface area contributed by atoms with Crippen molar-refractivity contribution in [1.29, 1.82) is 0 Å². The maximum Gasteiger partial charge on any atom is 0.110 e. The summed E-state index contributed by atoms with van der Waals surface area (Å²) in [5.41, 5.74) is 0.979. The molecule has 0 aromatic carbocycles. The smallest absolute Gasteiger partial charge is 0.110 e. The maximum absolute atomic E-state index is 5.41. The lowest BCUT2D eigenvalue weighted by Gasteiger charge is -2.27. The van der Waals surface area contributed by atoms with E-state index in [1.165, 1.54) is 6.42 Å². The van der Waals surface area contributed by atoms with Crippen molar-refractivity contribution in [3.05, 3.63) is 24.0 Å². The normalized spacial score (nSPS) is 25.1. The molecule has 3 nitrogen and oxygen atoms in total. The molecule has 5 heteroatoms. The zero-order valence-corrected chi connectivity index (χ0v) is 10.2. The molecule has 15 heavy (non-hydrogen) atoms. The molecule has 1 aliphatic rings. The summed E-state index contributed by atoms with van der Waals surface area (Å²) in [4.78, 5) is 0.866. The zero-order chi connectivity index (χ0) is 10.7. The second-order valence-electron chi connectivity index (χ2n) is 3.47. The van der Waals surface area contributed by atoms with E-state index in [0.29, 0.717) is 0 Å². The predicted molar refractivity (Wildman–Crippen MR) is 67.1 cm³/mol. The SMILES string of the molecule is CNC(=S)C1(c2cccnn2)CCCS1. The van der Waals surface area contributed by atoms with Gasteiger partial charge in [0.1, 0.15) is 4.75 Å². The number of nitrogens with zero attached hydrogens (tertiary/aromatic N) is 2. The average molecular weight is 239 g/mol. The van der Waals surface area contributed by atoms with E-state index in [-0.39, 0.29) is 4.75 Å². The second kappa shape index (κ2) is 4.45. The van der Waals surface area contributed by atoms with Gasteiger partial charge in [0, 0.05) is 13.2 Å². The minimum absolute atomic E-state index is 0.141. The summed E-state index contributed by atoms with van der Waals surface area (Å²) in [6.07, 6.45) is 3.93. The molecule has 1 saturated heterocycles. The Balaban J connectivity index is 2.39. The van der Waals surface area contributed by atoms with E-state index in [1.54, 1.807) is 6.20 Å². The van der Waals surface area contributed by atoms with Gasteiger partial charge in [-0.2, -0.15) is 10.2 Å². The lowest BCUT2D eigenvalue weighted by atomic mass is 9.98. The van der Waals surface area contributed by atoms with Gasteiger partial charge in [-0.25, -0.2) is 0 Å². The lowest BCUT2D eigenvalue weighted by Crippen LogP contribution is -2.37. The van der Waals surface area contributed by atoms with Gasteiger partial charge in [0.05, 0.1) is 10.7 Å². The van der Waals surface area contributed by atoms with Gasteiger partial charge in [-0.05, 0) is 30.7 Å². The van der Waals surface area contributed by atoms with Gasteiger partial charge < -0.3 is 5.32 Å². The topological polar surface area (TPSA) is 37.8 Å². The molecule has 0 radical (unpaired) electrons. The highest BCUT2D eigenvalue weighted by Crippen LogP contribution is 2.46. The Hall–Kier alpha value is -0.680. The predicted octanol–water partition coefficient (Wildman–Crippen LogP) is 1.75. The molecule has 1 N–H and O–H groups in total. The minimum Gasteiger partial charge on any atom is -0.381 e. The highest BCUT2D eigenvalue weighted by Gasteiger charge is 2.41. The van der Waals surface area contributed by atoms with Crippen LogP contribution in [0.4, 0.5) is 0 Å². The number of hydrogen-bond donors (Lipinski definition) is 1. The van der Waals surface area contributed by atoms with E-state index < -0.39 is 0 Å². The van der Waals surface area contributed by atoms with Crippen molar-refractivity contribution in [1.82, 2.24) is 15.5 Å². The second-order valence-corrected chi connectivity index (χ2v) is 5.27. The van der Waals surface area contributed by atoms with Crippen LogP contribution in [0.1, 0.15) is 18.5 Å². The van der Waals surface area contributed by atoms with Crippen LogP contribution in [0.5, 0.6) is 0 Å². The number of likely N-dealkylation sites (N-methyl/N-ethyl adjacent to an activating group) is 1. The highest BCUT2D eigenvalue weighted by molar-refractivity contribution is 8.02. The lowest BCUT2D eigenvalue weighted by molar-refractivity contribution is 0.695. The molecule has 0 amide bonds. The number of thioether (sulfide) groups is 1. The molecule has 0 spiro atoms. The Kier molecular flexibility index (Phi) is 3.21. The molecule has 0 aliphatic carbocycles. The van der Waals surface area contributed by atoms with Gasteiger partial charge in [0.25, 0.3) is 0 Å². The fourth-order valence-corrected chi connectivity index (χ4v) is 3.66. The van der Waals surface area contributed by atoms with E-state index in [1.807, 2.05) is 30.9 Å². The van der Waals surface area contributed by atoms with Gasteiger partial charge in [0.2, 0.25) is 0 Å². The van der Waals surface area contributed by atoms with Gasteiger partial charge in [-0.15, -0.1) is 11.8 Å². The van der Waals surface area contributed by atoms with Crippen molar-refractivity contribution in [2.45, 2.75) is 17.6 Å². The first kappa shape index (κ1) is 10.8. The quantitative estimate of drug-likeness (QED) is 0.796. The number of rotatable bonds is 2. The van der Waals surface area contributed by atoms with Crippen LogP contribution in [0.3, 0.4) is 0 Å². The van der Waals surface area contributed by atoms with E-state index >= 15 is 0 Å². The molecule has 1 aromatic rings. The van der Waals surface area contributed by atoms with Gasteiger partial charge in [-0.3, -0.25) is 0 Å². The Morgan fingerprint density at radius 1 is 1.67 bits per heavy atom. The molecule has 1 fully saturated rings. The van der Waals surface area contributed by atoms with E-state index in [2.05, 4.69) is 15.5 Å². The van der Waals surface area contributed by atoms with Crippen molar-refractivity contribution >= 4 is 29.0 Å². The molecular weight excluding hydrogens is 226 g/mol. The van der Waals surface area contributed by atoms with Gasteiger partial charge in [-0.1, -0.05) is 12.2 Å². The molecule has 0 saturated carbocycles. The van der Waals surface area contributed by atoms with Gasteiger partial charge in [0.15, 0.2) is 0 Å². The zero-order valence-electron chi connectivity index (χ0n) is 8.56. The van der Waals surface area contributed by atoms with Crippen LogP contribution in [0.15, 0.2) is 18.3 Å². The third-order valence-corrected chi connectivity index (χ3v) is 4.89. The average Bonchev–Trinajstić information content (AvgIpc) is 2.79. The first-order valence-electron chi connectivity index (χ1n) is 4.94. The third-order valence-electron chi connectivity index (χ3n) is 2.60. The van der Waals surface area contributed by atoms with Crippen LogP contribution >= 0.6 is 24.0 Å². The van der Waals surface area contributed by atoms with Crippen molar-refractivity contribution in [2.75, 3.05) is 12.8 Å². The molecular formula is C10H13N3S2. The molecule has 1 aliphatic heterocycles. The molecule has 1 aromatic heterocycles. The summed E-state index contributed by atoms with van der Waals surface area (Å²) >= 11 is 7.28. The molecule has 2 heterocycles. The number of nitrogens with one attached hydrogen (secondary N) is 1.